The quantitative estimate of drug-likeness (QED) is 0.0372. The molecule has 0 bridgehead atoms. The molecule has 0 N–H and O–H groups in total. The fourth-order valence-electron chi connectivity index (χ4n) is 11.9. The van der Waals surface area contributed by atoms with Crippen LogP contribution < -0.4 is 10.9 Å². The van der Waals surface area contributed by atoms with Crippen LogP contribution in [0.15, 0.2) is 206 Å². The molecule has 2 saturated heterocycles. The molecule has 12 rings (SSSR count). The van der Waals surface area contributed by atoms with E-state index in [0.29, 0.717) is 85.1 Å². The zero-order chi connectivity index (χ0) is 69.0. The second-order valence-corrected chi connectivity index (χ2v) is 28.1. The van der Waals surface area contributed by atoms with Crippen LogP contribution in [0.5, 0.6) is 0 Å². The lowest BCUT2D eigenvalue weighted by molar-refractivity contribution is -0.159. The number of ether oxygens (including phenoxy) is 2. The van der Waals surface area contributed by atoms with Gasteiger partial charge in [-0.2, -0.15) is 0 Å². The molecule has 6 heterocycles. The topological polar surface area (TPSA) is 211 Å². The number of esters is 2. The van der Waals surface area contributed by atoms with E-state index in [9.17, 15) is 26.8 Å². The first-order valence-corrected chi connectivity index (χ1v) is 34.6. The number of carbonyl (C=O) groups excluding carboxylic acids is 2. The maximum Gasteiger partial charge on any atom is 0.494 e. The zero-order valence-electron chi connectivity index (χ0n) is 55.9. The van der Waals surface area contributed by atoms with Gasteiger partial charge in [0.05, 0.1) is 65.0 Å². The van der Waals surface area contributed by atoms with Gasteiger partial charge in [0.2, 0.25) is 15.0 Å². The van der Waals surface area contributed by atoms with E-state index in [1.165, 1.54) is 36.8 Å². The van der Waals surface area contributed by atoms with Crippen molar-refractivity contribution in [3.8, 4) is 68.1 Å². The molecule has 0 radical (unpaired) electrons. The number of hydrogen-bond acceptors (Lipinski definition) is 16. The summed E-state index contributed by atoms with van der Waals surface area (Å²) >= 11 is 0. The summed E-state index contributed by atoms with van der Waals surface area (Å²) in [5.74, 6) is -0.0944. The van der Waals surface area contributed by atoms with Gasteiger partial charge < -0.3 is 37.2 Å². The van der Waals surface area contributed by atoms with Crippen LogP contribution in [0.4, 0.5) is 8.78 Å². The molecule has 0 spiro atoms. The van der Waals surface area contributed by atoms with Crippen molar-refractivity contribution in [2.24, 2.45) is 0 Å². The van der Waals surface area contributed by atoms with Crippen LogP contribution in [0, 0.1) is 11.6 Å². The first-order chi connectivity index (χ1) is 47.1. The molecule has 98 heavy (non-hydrogen) atoms. The average Bonchev–Trinajstić information content (AvgIpc) is 1.61. The SMILES string of the molecule is CC(C)(C)OC(=O)C[C@H]1C[C@@H](CCn2c(-c3ccccc3)nc(-c3ccc(F)cc3)c2-c2ccncn2)OB(c2ccccc2)O1.CCCS(=O)(=O)c1nccc(-c2c(-c3ccc(F)cc3)nc(-c3ccccc3)n2CC[C@@H]2C[C@H](CC(=O)OC(C)(C)C)OB(c3ccccc3)O2)n1. The smallest absolute Gasteiger partial charge is 0.460 e. The molecule has 6 aromatic carbocycles. The molecular formula is C75H78B2F2N8O10S. The fourth-order valence-corrected chi connectivity index (χ4v) is 13.1. The number of carbonyl (C=O) groups is 2. The van der Waals surface area contributed by atoms with Crippen molar-refractivity contribution < 1.29 is 54.9 Å². The summed E-state index contributed by atoms with van der Waals surface area (Å²) in [6, 6.07) is 54.8. The van der Waals surface area contributed by atoms with E-state index in [1.54, 1.807) is 43.5 Å². The summed E-state index contributed by atoms with van der Waals surface area (Å²) in [7, 11) is -5.07. The van der Waals surface area contributed by atoms with Crippen LogP contribution in [0.1, 0.15) is 93.4 Å². The van der Waals surface area contributed by atoms with Crippen molar-refractivity contribution in [3.63, 3.8) is 0 Å². The summed E-state index contributed by atoms with van der Waals surface area (Å²) in [6.07, 6.45) is 5.88. The summed E-state index contributed by atoms with van der Waals surface area (Å²) in [5.41, 5.74) is 7.25. The highest BCUT2D eigenvalue weighted by molar-refractivity contribution is 7.91. The Morgan fingerprint density at radius 2 is 0.918 bits per heavy atom. The van der Waals surface area contributed by atoms with Crippen LogP contribution in [0.3, 0.4) is 0 Å². The number of halogens is 2. The first kappa shape index (κ1) is 70.0. The fraction of sp³-hybridized carbons (Fsp3) is 0.307. The lowest BCUT2D eigenvalue weighted by Crippen LogP contribution is -2.49. The van der Waals surface area contributed by atoms with E-state index >= 15 is 0 Å². The van der Waals surface area contributed by atoms with Crippen LogP contribution in [-0.4, -0.2) is 115 Å². The van der Waals surface area contributed by atoms with Gasteiger partial charge in [-0.3, -0.25) is 9.59 Å². The second kappa shape index (κ2) is 31.4. The molecule has 4 atom stereocenters. The molecule has 4 aromatic heterocycles. The van der Waals surface area contributed by atoms with Crippen LogP contribution >= 0.6 is 0 Å². The minimum Gasteiger partial charge on any atom is -0.460 e. The molecule has 2 aliphatic heterocycles. The average molecular weight is 1340 g/mol. The maximum atomic E-state index is 14.1. The number of aromatic nitrogens is 8. The Morgan fingerprint density at radius 3 is 1.33 bits per heavy atom. The number of benzene rings is 6. The molecule has 0 saturated carbocycles. The van der Waals surface area contributed by atoms with E-state index in [0.717, 1.165) is 39.1 Å². The van der Waals surface area contributed by atoms with Gasteiger partial charge in [-0.05, 0) is 145 Å². The Kier molecular flexibility index (Phi) is 22.4. The standard InChI is InChI=1S/C39H42BFN4O6S.C36H36BFN4O4/c1-5-24-52(47,48)38-42-22-20-33(43-38)36-35(27-16-18-30(41)19-17-27)44-37(28-12-8-6-9-13-28)45(36)23-21-31-25-32(26-34(46)49-39(2,3)4)51-40(50-31)29-14-10-7-11-15-29;1-36(2,3)44-32(43)23-30-22-29(45-37(46-30)27-12-8-5-9-13-27)19-21-42-34(31-18-20-39-24-40-31)33(25-14-16-28(38)17-15-25)41-35(42)26-10-6-4-7-11-26/h6-20,22,31-32H,5,21,23-26H2,1-4H3;4-18,20,24,29-30H,19,21-23H2,1-3H3/t31-,32-;29-,30-/m11/s1. The number of rotatable bonds is 21. The van der Waals surface area contributed by atoms with Gasteiger partial charge in [-0.1, -0.05) is 128 Å². The Balaban J connectivity index is 0.000000200. The highest BCUT2D eigenvalue weighted by atomic mass is 32.2. The number of nitrogens with zero attached hydrogens (tertiary/aromatic N) is 8. The Hall–Kier alpha value is -9.38. The third kappa shape index (κ3) is 18.2. The molecule has 23 heteroatoms. The predicted molar refractivity (Wildman–Crippen MR) is 373 cm³/mol. The van der Waals surface area contributed by atoms with Gasteiger partial charge in [0.25, 0.3) is 0 Å². The predicted octanol–water partition coefficient (Wildman–Crippen LogP) is 13.2. The van der Waals surface area contributed by atoms with Crippen molar-refractivity contribution in [1.29, 1.82) is 0 Å². The third-order valence-corrected chi connectivity index (χ3v) is 17.8. The second-order valence-electron chi connectivity index (χ2n) is 26.1. The van der Waals surface area contributed by atoms with Crippen molar-refractivity contribution in [2.75, 3.05) is 5.75 Å². The molecule has 2 fully saturated rings. The Morgan fingerprint density at radius 1 is 0.510 bits per heavy atom. The van der Waals surface area contributed by atoms with Gasteiger partial charge in [0.15, 0.2) is 0 Å². The number of sulfone groups is 1. The maximum absolute atomic E-state index is 14.1. The van der Waals surface area contributed by atoms with Gasteiger partial charge >= 0.3 is 26.2 Å². The van der Waals surface area contributed by atoms with Gasteiger partial charge in [-0.25, -0.2) is 47.1 Å². The third-order valence-electron chi connectivity index (χ3n) is 16.1. The Labute approximate surface area is 571 Å². The lowest BCUT2D eigenvalue weighted by atomic mass is 9.76. The van der Waals surface area contributed by atoms with E-state index in [2.05, 4.69) is 24.5 Å². The van der Waals surface area contributed by atoms with E-state index in [4.69, 9.17) is 38.1 Å². The zero-order valence-corrected chi connectivity index (χ0v) is 56.7. The minimum absolute atomic E-state index is 0.0662. The summed E-state index contributed by atoms with van der Waals surface area (Å²) < 4.78 is 95.4. The molecule has 0 unspecified atom stereocenters. The molecule has 18 nitrogen and oxygen atoms in total. The van der Waals surface area contributed by atoms with E-state index < -0.39 is 47.2 Å². The summed E-state index contributed by atoms with van der Waals surface area (Å²) in [5, 5.41) is -0.269. The highest BCUT2D eigenvalue weighted by Crippen LogP contribution is 2.39. The molecular weight excluding hydrogens is 1260 g/mol. The lowest BCUT2D eigenvalue weighted by Gasteiger charge is -2.35. The van der Waals surface area contributed by atoms with Gasteiger partial charge in [-0.15, -0.1) is 0 Å². The van der Waals surface area contributed by atoms with Crippen LogP contribution in [0.25, 0.3) is 68.1 Å². The first-order valence-electron chi connectivity index (χ1n) is 33.0. The Bertz CT molecular complexity index is 4400. The monoisotopic (exact) mass is 1340 g/mol. The number of hydrogen-bond donors (Lipinski definition) is 0. The van der Waals surface area contributed by atoms with Crippen LogP contribution in [-0.2, 0) is 60.6 Å². The van der Waals surface area contributed by atoms with Crippen molar-refractivity contribution in [1.82, 2.24) is 39.0 Å². The van der Waals surface area contributed by atoms with Crippen molar-refractivity contribution >= 4 is 46.9 Å². The van der Waals surface area contributed by atoms with E-state index in [1.807, 2.05) is 174 Å². The largest absolute Gasteiger partial charge is 0.494 e. The van der Waals surface area contributed by atoms with E-state index in [-0.39, 0.29) is 59.8 Å². The molecule has 0 aliphatic carbocycles. The van der Waals surface area contributed by atoms with Crippen molar-refractivity contribution in [2.45, 2.75) is 147 Å². The normalized spacial score (nSPS) is 16.6. The van der Waals surface area contributed by atoms with Crippen molar-refractivity contribution in [3.05, 3.63) is 212 Å². The van der Waals surface area contributed by atoms with Gasteiger partial charge in [0.1, 0.15) is 40.8 Å². The van der Waals surface area contributed by atoms with Gasteiger partial charge in [0, 0.05) is 59.9 Å². The summed E-state index contributed by atoms with van der Waals surface area (Å²) in [6.45, 7) is 13.8. The van der Waals surface area contributed by atoms with Crippen LogP contribution in [0.2, 0.25) is 0 Å². The summed E-state index contributed by atoms with van der Waals surface area (Å²) in [4.78, 5) is 53.4. The molecule has 0 amide bonds. The molecule has 10 aromatic rings. The number of imidazole rings is 2. The highest BCUT2D eigenvalue weighted by Gasteiger charge is 2.40. The minimum atomic E-state index is -3.74. The molecule has 504 valence electrons. The molecule has 2 aliphatic rings.